The molecule has 112 valence electrons. The highest BCUT2D eigenvalue weighted by atomic mass is 35.5. The predicted molar refractivity (Wildman–Crippen MR) is 85.9 cm³/mol. The molecule has 2 atom stereocenters. The largest absolute Gasteiger partial charge is 0.296 e. The summed E-state index contributed by atoms with van der Waals surface area (Å²) in [5, 5.41) is 3.03. The van der Waals surface area contributed by atoms with Crippen LogP contribution < -0.4 is 5.32 Å². The average Bonchev–Trinajstić information content (AvgIpc) is 2.47. The molecule has 2 aromatic rings. The van der Waals surface area contributed by atoms with Gasteiger partial charge in [0, 0.05) is 17.4 Å². The topological polar surface area (TPSA) is 46.2 Å². The van der Waals surface area contributed by atoms with Crippen LogP contribution in [0, 0.1) is 6.92 Å². The Morgan fingerprint density at radius 1 is 1.05 bits per heavy atom. The summed E-state index contributed by atoms with van der Waals surface area (Å²) < 4.78 is 0. The molecule has 1 aliphatic rings. The molecule has 22 heavy (non-hydrogen) atoms. The lowest BCUT2D eigenvalue weighted by Gasteiger charge is -2.31. The second-order valence-corrected chi connectivity index (χ2v) is 6.10. The molecule has 1 N–H and O–H groups in total. The highest BCUT2D eigenvalue weighted by molar-refractivity contribution is 6.30. The molecule has 0 aliphatic carbocycles. The number of carbonyl (C=O) groups excluding carboxylic acids is 2. The summed E-state index contributed by atoms with van der Waals surface area (Å²) in [6, 6.07) is 15.3. The molecule has 2 aromatic carbocycles. The first-order chi connectivity index (χ1) is 10.5. The number of aryl methyl sites for hydroxylation is 1. The molecule has 1 saturated heterocycles. The van der Waals surface area contributed by atoms with Gasteiger partial charge in [0.2, 0.25) is 11.8 Å². The molecular weight excluding hydrogens is 298 g/mol. The zero-order chi connectivity index (χ0) is 15.7. The van der Waals surface area contributed by atoms with Crippen LogP contribution in [0.5, 0.6) is 0 Å². The Morgan fingerprint density at radius 2 is 1.77 bits per heavy atom. The summed E-state index contributed by atoms with van der Waals surface area (Å²) >= 11 is 6.06. The van der Waals surface area contributed by atoms with Crippen molar-refractivity contribution >= 4 is 23.4 Å². The van der Waals surface area contributed by atoms with Gasteiger partial charge in [-0.3, -0.25) is 14.9 Å². The van der Waals surface area contributed by atoms with Crippen LogP contribution in [0.3, 0.4) is 0 Å². The number of imide groups is 1. The molecule has 1 heterocycles. The fraction of sp³-hybridized carbons (Fsp3) is 0.222. The average molecular weight is 314 g/mol. The maximum absolute atomic E-state index is 12.4. The van der Waals surface area contributed by atoms with E-state index in [1.54, 1.807) is 12.1 Å². The fourth-order valence-corrected chi connectivity index (χ4v) is 3.17. The minimum absolute atomic E-state index is 0.166. The van der Waals surface area contributed by atoms with Gasteiger partial charge in [-0.15, -0.1) is 0 Å². The van der Waals surface area contributed by atoms with Gasteiger partial charge in [-0.05, 0) is 30.2 Å². The van der Waals surface area contributed by atoms with E-state index >= 15 is 0 Å². The van der Waals surface area contributed by atoms with Crippen LogP contribution in [-0.2, 0) is 9.59 Å². The third-order valence-corrected chi connectivity index (χ3v) is 4.30. The number of rotatable bonds is 2. The standard InChI is InChI=1S/C18H16ClNO2/c1-11-5-7-12(8-6-11)15-10-16(21)20-18(22)17(15)13-3-2-4-14(19)9-13/h2-9,15,17H,10H2,1H3,(H,20,21,22). The Balaban J connectivity index is 2.04. The van der Waals surface area contributed by atoms with Gasteiger partial charge in [0.25, 0.3) is 0 Å². The SMILES string of the molecule is Cc1ccc(C2CC(=O)NC(=O)C2c2cccc(Cl)c2)cc1. The van der Waals surface area contributed by atoms with Gasteiger partial charge in [-0.1, -0.05) is 53.6 Å². The maximum atomic E-state index is 12.4. The van der Waals surface area contributed by atoms with Gasteiger partial charge in [-0.25, -0.2) is 0 Å². The molecule has 4 heteroatoms. The van der Waals surface area contributed by atoms with E-state index in [0.29, 0.717) is 11.4 Å². The van der Waals surface area contributed by atoms with Crippen molar-refractivity contribution in [2.75, 3.05) is 0 Å². The van der Waals surface area contributed by atoms with E-state index in [2.05, 4.69) is 5.32 Å². The Bertz CT molecular complexity index is 724. The molecule has 1 aliphatic heterocycles. The molecule has 0 radical (unpaired) electrons. The summed E-state index contributed by atoms with van der Waals surface area (Å²) in [4.78, 5) is 24.2. The van der Waals surface area contributed by atoms with E-state index in [1.165, 1.54) is 0 Å². The Kier molecular flexibility index (Phi) is 3.99. The van der Waals surface area contributed by atoms with Crippen LogP contribution in [0.1, 0.15) is 34.9 Å². The van der Waals surface area contributed by atoms with Crippen LogP contribution in [0.25, 0.3) is 0 Å². The van der Waals surface area contributed by atoms with Crippen molar-refractivity contribution in [1.29, 1.82) is 0 Å². The van der Waals surface area contributed by atoms with Gasteiger partial charge in [0.05, 0.1) is 5.92 Å². The lowest BCUT2D eigenvalue weighted by molar-refractivity contribution is -0.135. The van der Waals surface area contributed by atoms with Crippen molar-refractivity contribution in [3.05, 3.63) is 70.2 Å². The zero-order valence-electron chi connectivity index (χ0n) is 12.2. The Labute approximate surface area is 134 Å². The summed E-state index contributed by atoms with van der Waals surface area (Å²) in [6.07, 6.45) is 0.298. The maximum Gasteiger partial charge on any atom is 0.234 e. The van der Waals surface area contributed by atoms with Crippen LogP contribution in [0.15, 0.2) is 48.5 Å². The van der Waals surface area contributed by atoms with Crippen molar-refractivity contribution in [3.63, 3.8) is 0 Å². The molecule has 3 nitrogen and oxygen atoms in total. The summed E-state index contributed by atoms with van der Waals surface area (Å²) in [5.74, 6) is -1.06. The Morgan fingerprint density at radius 3 is 2.45 bits per heavy atom. The van der Waals surface area contributed by atoms with E-state index in [4.69, 9.17) is 11.6 Å². The summed E-state index contributed by atoms with van der Waals surface area (Å²) in [6.45, 7) is 2.01. The van der Waals surface area contributed by atoms with Gasteiger partial charge in [0.15, 0.2) is 0 Å². The quantitative estimate of drug-likeness (QED) is 0.862. The predicted octanol–water partition coefficient (Wildman–Crippen LogP) is 3.56. The number of hydrogen-bond acceptors (Lipinski definition) is 2. The summed E-state index contributed by atoms with van der Waals surface area (Å²) in [7, 11) is 0. The van der Waals surface area contributed by atoms with Crippen LogP contribution >= 0.6 is 11.6 Å². The fourth-order valence-electron chi connectivity index (χ4n) is 2.97. The minimum Gasteiger partial charge on any atom is -0.296 e. The van der Waals surface area contributed by atoms with Crippen LogP contribution in [0.4, 0.5) is 0 Å². The number of halogens is 1. The molecule has 2 unspecified atom stereocenters. The number of piperidine rings is 1. The first-order valence-electron chi connectivity index (χ1n) is 7.20. The summed E-state index contributed by atoms with van der Waals surface area (Å²) in [5.41, 5.74) is 2.98. The number of carbonyl (C=O) groups is 2. The molecular formula is C18H16ClNO2. The second-order valence-electron chi connectivity index (χ2n) is 5.67. The molecule has 1 fully saturated rings. The number of amides is 2. The molecule has 2 amide bonds. The monoisotopic (exact) mass is 313 g/mol. The molecule has 3 rings (SSSR count). The Hall–Kier alpha value is -2.13. The third-order valence-electron chi connectivity index (χ3n) is 4.07. The van der Waals surface area contributed by atoms with E-state index in [1.807, 2.05) is 43.3 Å². The molecule has 0 bridgehead atoms. The number of nitrogens with one attached hydrogen (secondary N) is 1. The second kappa shape index (κ2) is 5.93. The van der Waals surface area contributed by atoms with Gasteiger partial charge >= 0.3 is 0 Å². The first kappa shape index (κ1) is 14.8. The highest BCUT2D eigenvalue weighted by Gasteiger charge is 2.37. The molecule has 0 aromatic heterocycles. The minimum atomic E-state index is -0.404. The van der Waals surface area contributed by atoms with Crippen molar-refractivity contribution in [3.8, 4) is 0 Å². The van der Waals surface area contributed by atoms with Crippen molar-refractivity contribution in [2.45, 2.75) is 25.2 Å². The van der Waals surface area contributed by atoms with E-state index in [0.717, 1.165) is 16.7 Å². The first-order valence-corrected chi connectivity index (χ1v) is 7.58. The van der Waals surface area contributed by atoms with Crippen molar-refractivity contribution in [2.24, 2.45) is 0 Å². The lowest BCUT2D eigenvalue weighted by atomic mass is 9.76. The van der Waals surface area contributed by atoms with Crippen molar-refractivity contribution in [1.82, 2.24) is 5.32 Å². The highest BCUT2D eigenvalue weighted by Crippen LogP contribution is 2.39. The van der Waals surface area contributed by atoms with Crippen LogP contribution in [0.2, 0.25) is 5.02 Å². The number of hydrogen-bond donors (Lipinski definition) is 1. The van der Waals surface area contributed by atoms with Gasteiger partial charge < -0.3 is 0 Å². The van der Waals surface area contributed by atoms with E-state index in [-0.39, 0.29) is 17.7 Å². The zero-order valence-corrected chi connectivity index (χ0v) is 12.9. The van der Waals surface area contributed by atoms with E-state index in [9.17, 15) is 9.59 Å². The van der Waals surface area contributed by atoms with Crippen molar-refractivity contribution < 1.29 is 9.59 Å². The lowest BCUT2D eigenvalue weighted by Crippen LogP contribution is -2.43. The molecule has 0 saturated carbocycles. The van der Waals surface area contributed by atoms with Gasteiger partial charge in [-0.2, -0.15) is 0 Å². The van der Waals surface area contributed by atoms with E-state index < -0.39 is 5.92 Å². The molecule has 0 spiro atoms. The normalized spacial score (nSPS) is 21.5. The smallest absolute Gasteiger partial charge is 0.234 e. The number of benzene rings is 2. The third kappa shape index (κ3) is 2.90. The van der Waals surface area contributed by atoms with Crippen LogP contribution in [-0.4, -0.2) is 11.8 Å². The van der Waals surface area contributed by atoms with Gasteiger partial charge in [0.1, 0.15) is 0 Å².